The van der Waals surface area contributed by atoms with Crippen molar-refractivity contribution < 1.29 is 14.9 Å². The second-order valence-corrected chi connectivity index (χ2v) is 2.87. The molecule has 0 heterocycles. The fourth-order valence-corrected chi connectivity index (χ4v) is 1.17. The van der Waals surface area contributed by atoms with E-state index in [4.69, 9.17) is 15.3 Å². The van der Waals surface area contributed by atoms with E-state index >= 15 is 0 Å². The number of nitrogens with zero attached hydrogens (tertiary/aromatic N) is 2. The molecule has 1 rings (SSSR count). The second kappa shape index (κ2) is 4.72. The highest BCUT2D eigenvalue weighted by Gasteiger charge is 2.09. The Morgan fingerprint density at radius 3 is 2.12 bits per heavy atom. The lowest BCUT2D eigenvalue weighted by molar-refractivity contribution is 0.344. The highest BCUT2D eigenvalue weighted by atomic mass is 16.5. The van der Waals surface area contributed by atoms with Crippen LogP contribution in [-0.2, 0) is 0 Å². The van der Waals surface area contributed by atoms with Crippen molar-refractivity contribution in [2.24, 2.45) is 0 Å². The first-order valence-corrected chi connectivity index (χ1v) is 4.24. The number of rotatable bonds is 2. The average molecular weight is 216 g/mol. The van der Waals surface area contributed by atoms with Crippen LogP contribution in [0.5, 0.6) is 17.2 Å². The monoisotopic (exact) mass is 216 g/mol. The highest BCUT2D eigenvalue weighted by molar-refractivity contribution is 5.67. The maximum absolute atomic E-state index is 9.45. The van der Waals surface area contributed by atoms with Gasteiger partial charge in [0.05, 0.1) is 7.11 Å². The molecule has 0 fully saturated rings. The molecule has 1 aromatic carbocycles. The molecule has 0 unspecified atom stereocenters. The van der Waals surface area contributed by atoms with Crippen LogP contribution < -0.4 is 4.74 Å². The third-order valence-electron chi connectivity index (χ3n) is 1.83. The van der Waals surface area contributed by atoms with Crippen LogP contribution in [0.2, 0.25) is 0 Å². The van der Waals surface area contributed by atoms with Gasteiger partial charge >= 0.3 is 0 Å². The van der Waals surface area contributed by atoms with Gasteiger partial charge < -0.3 is 14.9 Å². The molecule has 0 aliphatic rings. The molecule has 5 nitrogen and oxygen atoms in total. The molecule has 0 aromatic heterocycles. The summed E-state index contributed by atoms with van der Waals surface area (Å²) >= 11 is 0. The molecule has 80 valence electrons. The normalized spacial score (nSPS) is 8.69. The Morgan fingerprint density at radius 2 is 1.75 bits per heavy atom. The summed E-state index contributed by atoms with van der Waals surface area (Å²) < 4.78 is 4.74. The molecular weight excluding hydrogens is 208 g/mol. The third kappa shape index (κ3) is 2.23. The van der Waals surface area contributed by atoms with Gasteiger partial charge in [-0.05, 0) is 23.8 Å². The third-order valence-corrected chi connectivity index (χ3v) is 1.83. The van der Waals surface area contributed by atoms with Crippen molar-refractivity contribution in [1.82, 2.24) is 0 Å². The molecule has 16 heavy (non-hydrogen) atoms. The molecule has 0 aliphatic heterocycles. The van der Waals surface area contributed by atoms with E-state index in [9.17, 15) is 10.2 Å². The summed E-state index contributed by atoms with van der Waals surface area (Å²) in [7, 11) is 1.31. The van der Waals surface area contributed by atoms with Gasteiger partial charge in [-0.1, -0.05) is 0 Å². The van der Waals surface area contributed by atoms with E-state index in [1.165, 1.54) is 25.3 Å². The molecule has 0 saturated carbocycles. The minimum absolute atomic E-state index is 0.0485. The number of phenols is 2. The van der Waals surface area contributed by atoms with Crippen molar-refractivity contribution in [2.45, 2.75) is 0 Å². The van der Waals surface area contributed by atoms with Crippen LogP contribution in [0.15, 0.2) is 17.7 Å². The number of hydrogen-bond acceptors (Lipinski definition) is 5. The number of nitriles is 2. The molecule has 2 N–H and O–H groups in total. The Hall–Kier alpha value is -2.66. The maximum Gasteiger partial charge on any atom is 0.202 e. The van der Waals surface area contributed by atoms with Crippen molar-refractivity contribution in [3.8, 4) is 29.4 Å². The first-order valence-electron chi connectivity index (χ1n) is 4.24. The van der Waals surface area contributed by atoms with Crippen LogP contribution in [-0.4, -0.2) is 17.3 Å². The first-order chi connectivity index (χ1) is 7.62. The molecule has 0 bridgehead atoms. The zero-order chi connectivity index (χ0) is 12.1. The minimum Gasteiger partial charge on any atom is -0.504 e. The zero-order valence-corrected chi connectivity index (χ0v) is 8.43. The predicted molar refractivity (Wildman–Crippen MR) is 55.5 cm³/mol. The summed E-state index contributed by atoms with van der Waals surface area (Å²) in [6.45, 7) is 0. The van der Waals surface area contributed by atoms with Gasteiger partial charge in [0.15, 0.2) is 11.5 Å². The fourth-order valence-electron chi connectivity index (χ4n) is 1.17. The largest absolute Gasteiger partial charge is 0.504 e. The number of allylic oxidation sites excluding steroid dienone is 1. The SMILES string of the molecule is COc1c(O)cc(C=C(C#N)C#N)cc1O. The van der Waals surface area contributed by atoms with Gasteiger partial charge in [-0.25, -0.2) is 0 Å². The second-order valence-electron chi connectivity index (χ2n) is 2.87. The Bertz CT molecular complexity index is 482. The van der Waals surface area contributed by atoms with Gasteiger partial charge in [-0.3, -0.25) is 0 Å². The number of phenolic OH excluding ortho intramolecular Hbond substituents is 2. The van der Waals surface area contributed by atoms with Gasteiger partial charge in [0.25, 0.3) is 0 Å². The van der Waals surface area contributed by atoms with Crippen LogP contribution in [0.1, 0.15) is 5.56 Å². The Morgan fingerprint density at radius 1 is 1.25 bits per heavy atom. The number of methoxy groups -OCH3 is 1. The Balaban J connectivity index is 3.27. The van der Waals surface area contributed by atoms with Crippen LogP contribution in [0.25, 0.3) is 6.08 Å². The van der Waals surface area contributed by atoms with Crippen LogP contribution in [0.3, 0.4) is 0 Å². The summed E-state index contributed by atoms with van der Waals surface area (Å²) in [6.07, 6.45) is 1.25. The Kier molecular flexibility index (Phi) is 3.37. The lowest BCUT2D eigenvalue weighted by Gasteiger charge is -2.06. The molecular formula is C11H8N2O3. The van der Waals surface area contributed by atoms with Crippen molar-refractivity contribution >= 4 is 6.08 Å². The summed E-state index contributed by atoms with van der Waals surface area (Å²) in [5, 5.41) is 36.0. The van der Waals surface area contributed by atoms with E-state index in [1.54, 1.807) is 12.1 Å². The van der Waals surface area contributed by atoms with E-state index in [2.05, 4.69) is 0 Å². The number of benzene rings is 1. The topological polar surface area (TPSA) is 97.3 Å². The Labute approximate surface area is 92.1 Å². The van der Waals surface area contributed by atoms with Gasteiger partial charge in [-0.15, -0.1) is 0 Å². The minimum atomic E-state index is -0.260. The highest BCUT2D eigenvalue weighted by Crippen LogP contribution is 2.36. The molecule has 0 saturated heterocycles. The summed E-state index contributed by atoms with van der Waals surface area (Å²) in [5.74, 6) is -0.569. The smallest absolute Gasteiger partial charge is 0.202 e. The molecule has 0 amide bonds. The molecule has 5 heteroatoms. The number of hydrogen-bond donors (Lipinski definition) is 2. The van der Waals surface area contributed by atoms with Gasteiger partial charge in [0, 0.05) is 0 Å². The molecule has 0 atom stereocenters. The lowest BCUT2D eigenvalue weighted by Crippen LogP contribution is -1.86. The van der Waals surface area contributed by atoms with Crippen LogP contribution in [0, 0.1) is 22.7 Å². The molecule has 0 aliphatic carbocycles. The average Bonchev–Trinajstić information content (AvgIpc) is 2.25. The van der Waals surface area contributed by atoms with Gasteiger partial charge in [-0.2, -0.15) is 10.5 Å². The maximum atomic E-state index is 9.45. The summed E-state index contributed by atoms with van der Waals surface area (Å²) in [6, 6.07) is 5.92. The zero-order valence-electron chi connectivity index (χ0n) is 8.43. The van der Waals surface area contributed by atoms with Crippen LogP contribution >= 0.6 is 0 Å². The fraction of sp³-hybridized carbons (Fsp3) is 0.0909. The standard InChI is InChI=1S/C11H8N2O3/c1-16-11-9(14)3-7(4-10(11)15)2-8(5-12)6-13/h2-4,14-15H,1H3. The van der Waals surface area contributed by atoms with E-state index in [1.807, 2.05) is 0 Å². The molecule has 1 aromatic rings. The first kappa shape index (κ1) is 11.4. The van der Waals surface area contributed by atoms with Crippen molar-refractivity contribution in [3.63, 3.8) is 0 Å². The van der Waals surface area contributed by atoms with Gasteiger partial charge in [0.1, 0.15) is 17.7 Å². The van der Waals surface area contributed by atoms with Crippen molar-refractivity contribution in [3.05, 3.63) is 23.3 Å². The van der Waals surface area contributed by atoms with E-state index in [0.717, 1.165) is 0 Å². The van der Waals surface area contributed by atoms with Crippen molar-refractivity contribution in [2.75, 3.05) is 7.11 Å². The van der Waals surface area contributed by atoms with E-state index in [-0.39, 0.29) is 22.8 Å². The van der Waals surface area contributed by atoms with Crippen LogP contribution in [0.4, 0.5) is 0 Å². The number of aromatic hydroxyl groups is 2. The van der Waals surface area contributed by atoms with E-state index in [0.29, 0.717) is 5.56 Å². The molecule has 0 spiro atoms. The van der Waals surface area contributed by atoms with Crippen molar-refractivity contribution in [1.29, 1.82) is 10.5 Å². The summed E-state index contributed by atoms with van der Waals surface area (Å²) in [5.41, 5.74) is 0.220. The van der Waals surface area contributed by atoms with E-state index < -0.39 is 0 Å². The quantitative estimate of drug-likeness (QED) is 0.730. The predicted octanol–water partition coefficient (Wildman–Crippen LogP) is 1.54. The van der Waals surface area contributed by atoms with Gasteiger partial charge in [0.2, 0.25) is 5.75 Å². The summed E-state index contributed by atoms with van der Waals surface area (Å²) in [4.78, 5) is 0. The lowest BCUT2D eigenvalue weighted by atomic mass is 10.1. The molecule has 0 radical (unpaired) electrons. The number of ether oxygens (including phenoxy) is 1.